The van der Waals surface area contributed by atoms with Crippen LogP contribution in [0.15, 0.2) is 0 Å². The fourth-order valence-corrected chi connectivity index (χ4v) is 1.84. The van der Waals surface area contributed by atoms with Crippen LogP contribution in [0.1, 0.15) is 27.2 Å². The van der Waals surface area contributed by atoms with Crippen molar-refractivity contribution in [3.63, 3.8) is 0 Å². The third kappa shape index (κ3) is 3.39. The molecule has 92 valence electrons. The van der Waals surface area contributed by atoms with Crippen LogP contribution in [0, 0.1) is 5.41 Å². The summed E-state index contributed by atoms with van der Waals surface area (Å²) < 4.78 is 5.47. The number of rotatable bonds is 1. The third-order valence-electron chi connectivity index (χ3n) is 2.62. The number of ether oxygens (including phenoxy) is 1. The lowest BCUT2D eigenvalue weighted by Gasteiger charge is -2.42. The van der Waals surface area contributed by atoms with Gasteiger partial charge in [-0.05, 0) is 5.41 Å². The number of hydrogen-bond acceptors (Lipinski definition) is 5. The zero-order valence-electron chi connectivity index (χ0n) is 9.68. The lowest BCUT2D eigenvalue weighted by molar-refractivity contribution is -0.207. The van der Waals surface area contributed by atoms with E-state index in [4.69, 9.17) is 9.84 Å². The highest BCUT2D eigenvalue weighted by molar-refractivity contribution is 4.90. The van der Waals surface area contributed by atoms with Crippen LogP contribution in [-0.4, -0.2) is 46.3 Å². The third-order valence-corrected chi connectivity index (χ3v) is 2.62. The molecule has 15 heavy (non-hydrogen) atoms. The van der Waals surface area contributed by atoms with E-state index in [1.54, 1.807) is 0 Å². The molecule has 1 fully saturated rings. The van der Waals surface area contributed by atoms with E-state index in [1.807, 2.05) is 20.8 Å². The van der Waals surface area contributed by atoms with Gasteiger partial charge in [-0.2, -0.15) is 0 Å². The van der Waals surface area contributed by atoms with E-state index in [0.717, 1.165) is 0 Å². The Morgan fingerprint density at radius 1 is 1.20 bits per heavy atom. The highest BCUT2D eigenvalue weighted by atomic mass is 16.5. The lowest BCUT2D eigenvalue weighted by atomic mass is 9.81. The van der Waals surface area contributed by atoms with Crippen molar-refractivity contribution in [1.29, 1.82) is 0 Å². The standard InChI is InChI=1S/C10H20O4.H3N/c1-10(2,3)9-7(13)4-6(12)8(5-11)14-9;/h6-9,11-13H,4-5H2,1-3H3;1H3/t6-,7+,8+,9?;/m0./s1. The number of aliphatic hydroxyl groups is 3. The maximum atomic E-state index is 9.72. The largest absolute Gasteiger partial charge is 0.394 e. The Hall–Kier alpha value is -0.200. The first-order chi connectivity index (χ1) is 6.36. The van der Waals surface area contributed by atoms with Gasteiger partial charge in [0, 0.05) is 6.42 Å². The molecule has 4 atom stereocenters. The van der Waals surface area contributed by atoms with Crippen molar-refractivity contribution < 1.29 is 20.1 Å². The molecule has 0 spiro atoms. The minimum atomic E-state index is -0.770. The topological polar surface area (TPSA) is 105 Å². The molecule has 0 aromatic carbocycles. The van der Waals surface area contributed by atoms with Gasteiger partial charge >= 0.3 is 0 Å². The predicted molar refractivity (Wildman–Crippen MR) is 56.9 cm³/mol. The smallest absolute Gasteiger partial charge is 0.107 e. The van der Waals surface area contributed by atoms with Gasteiger partial charge in [-0.3, -0.25) is 0 Å². The SMILES string of the molecule is CC(C)(C)C1O[C@H](CO)[C@@H](O)C[C@H]1O.N. The van der Waals surface area contributed by atoms with Gasteiger partial charge in [0.15, 0.2) is 0 Å². The van der Waals surface area contributed by atoms with E-state index in [-0.39, 0.29) is 30.7 Å². The summed E-state index contributed by atoms with van der Waals surface area (Å²) in [5, 5.41) is 28.2. The summed E-state index contributed by atoms with van der Waals surface area (Å²) in [5.74, 6) is 0. The van der Waals surface area contributed by atoms with Crippen LogP contribution in [0.4, 0.5) is 0 Å². The molecular formula is C10H23NO4. The fourth-order valence-electron chi connectivity index (χ4n) is 1.84. The molecule has 1 unspecified atom stereocenters. The first-order valence-corrected chi connectivity index (χ1v) is 4.98. The van der Waals surface area contributed by atoms with Crippen molar-refractivity contribution in [2.24, 2.45) is 5.41 Å². The molecule has 0 aliphatic carbocycles. The van der Waals surface area contributed by atoms with Gasteiger partial charge in [-0.15, -0.1) is 0 Å². The average molecular weight is 221 g/mol. The van der Waals surface area contributed by atoms with Crippen LogP contribution in [-0.2, 0) is 4.74 Å². The molecule has 5 nitrogen and oxygen atoms in total. The Kier molecular flexibility index (Phi) is 5.16. The highest BCUT2D eigenvalue weighted by Gasteiger charge is 2.41. The Bertz CT molecular complexity index is 192. The summed E-state index contributed by atoms with van der Waals surface area (Å²) in [5.41, 5.74) is -0.188. The molecule has 5 heteroatoms. The second-order valence-corrected chi connectivity index (χ2v) is 5.01. The van der Waals surface area contributed by atoms with Crippen LogP contribution in [0.3, 0.4) is 0 Å². The predicted octanol–water partition coefficient (Wildman–Crippen LogP) is 0.0661. The summed E-state index contributed by atoms with van der Waals surface area (Å²) in [6, 6.07) is 0. The number of aliphatic hydroxyl groups excluding tert-OH is 3. The number of hydrogen-bond donors (Lipinski definition) is 4. The Balaban J connectivity index is 0.00000196. The van der Waals surface area contributed by atoms with Crippen molar-refractivity contribution in [3.8, 4) is 0 Å². The zero-order valence-corrected chi connectivity index (χ0v) is 9.68. The Morgan fingerprint density at radius 3 is 2.13 bits per heavy atom. The maximum absolute atomic E-state index is 9.72. The van der Waals surface area contributed by atoms with Gasteiger partial charge in [0.05, 0.1) is 24.9 Å². The van der Waals surface area contributed by atoms with E-state index in [9.17, 15) is 10.2 Å². The monoisotopic (exact) mass is 221 g/mol. The lowest BCUT2D eigenvalue weighted by Crippen LogP contribution is -2.53. The highest BCUT2D eigenvalue weighted by Crippen LogP contribution is 2.32. The maximum Gasteiger partial charge on any atom is 0.107 e. The Morgan fingerprint density at radius 2 is 1.73 bits per heavy atom. The van der Waals surface area contributed by atoms with Crippen LogP contribution < -0.4 is 6.15 Å². The van der Waals surface area contributed by atoms with Crippen LogP contribution in [0.5, 0.6) is 0 Å². The van der Waals surface area contributed by atoms with Crippen molar-refractivity contribution in [2.75, 3.05) is 6.61 Å². The molecule has 0 aromatic heterocycles. The van der Waals surface area contributed by atoms with Gasteiger partial charge in [-0.25, -0.2) is 0 Å². The minimum Gasteiger partial charge on any atom is -0.394 e. The summed E-state index contributed by atoms with van der Waals surface area (Å²) in [6.07, 6.45) is -2.06. The summed E-state index contributed by atoms with van der Waals surface area (Å²) >= 11 is 0. The van der Waals surface area contributed by atoms with Gasteiger partial charge < -0.3 is 26.2 Å². The van der Waals surface area contributed by atoms with E-state index < -0.39 is 18.3 Å². The molecule has 1 saturated heterocycles. The van der Waals surface area contributed by atoms with Crippen LogP contribution in [0.2, 0.25) is 0 Å². The van der Waals surface area contributed by atoms with E-state index in [2.05, 4.69) is 0 Å². The van der Waals surface area contributed by atoms with Crippen molar-refractivity contribution in [3.05, 3.63) is 0 Å². The Labute approximate surface area is 90.6 Å². The summed E-state index contributed by atoms with van der Waals surface area (Å²) in [7, 11) is 0. The van der Waals surface area contributed by atoms with E-state index in [1.165, 1.54) is 0 Å². The second-order valence-electron chi connectivity index (χ2n) is 5.01. The van der Waals surface area contributed by atoms with Crippen molar-refractivity contribution in [2.45, 2.75) is 51.6 Å². The molecule has 1 aliphatic rings. The van der Waals surface area contributed by atoms with Crippen LogP contribution >= 0.6 is 0 Å². The molecule has 1 rings (SSSR count). The van der Waals surface area contributed by atoms with Crippen LogP contribution in [0.25, 0.3) is 0 Å². The molecule has 0 aromatic rings. The van der Waals surface area contributed by atoms with Gasteiger partial charge in [-0.1, -0.05) is 20.8 Å². The van der Waals surface area contributed by atoms with E-state index in [0.29, 0.717) is 0 Å². The molecule has 1 heterocycles. The first-order valence-electron chi connectivity index (χ1n) is 4.98. The molecule has 6 N–H and O–H groups in total. The van der Waals surface area contributed by atoms with Gasteiger partial charge in [0.2, 0.25) is 0 Å². The zero-order chi connectivity index (χ0) is 10.9. The average Bonchev–Trinajstić information content (AvgIpc) is 2.02. The first kappa shape index (κ1) is 14.8. The van der Waals surface area contributed by atoms with E-state index >= 15 is 0 Å². The molecule has 0 amide bonds. The van der Waals surface area contributed by atoms with Gasteiger partial charge in [0.25, 0.3) is 0 Å². The fraction of sp³-hybridized carbons (Fsp3) is 1.00. The molecule has 1 aliphatic heterocycles. The summed E-state index contributed by atoms with van der Waals surface area (Å²) in [4.78, 5) is 0. The van der Waals surface area contributed by atoms with Gasteiger partial charge in [0.1, 0.15) is 6.10 Å². The molecule has 0 saturated carbocycles. The van der Waals surface area contributed by atoms with Crippen molar-refractivity contribution in [1.82, 2.24) is 6.15 Å². The normalized spacial score (nSPS) is 37.2. The molecule has 0 radical (unpaired) electrons. The van der Waals surface area contributed by atoms with Crippen molar-refractivity contribution >= 4 is 0 Å². The molecule has 0 bridgehead atoms. The second kappa shape index (κ2) is 5.23. The summed E-state index contributed by atoms with van der Waals surface area (Å²) in [6.45, 7) is 5.69. The quantitative estimate of drug-likeness (QED) is 0.501. The minimum absolute atomic E-state index is 0. The molecular weight excluding hydrogens is 198 g/mol.